The molecule has 0 saturated carbocycles. The molecule has 0 radical (unpaired) electrons. The van der Waals surface area contributed by atoms with Gasteiger partial charge in [0.05, 0.1) is 51.5 Å². The molecule has 0 heterocycles. The molecule has 0 aromatic heterocycles. The number of hydrogen-bond donors (Lipinski definition) is 5. The molecule has 0 aliphatic carbocycles. The van der Waals surface area contributed by atoms with E-state index in [1.165, 1.54) is 55.6 Å². The largest absolute Gasteiger partial charge is 0.505 e. The molecule has 302 valence electrons. The van der Waals surface area contributed by atoms with Crippen molar-refractivity contribution in [2.75, 3.05) is 39.2 Å². The molecule has 0 spiro atoms. The quantitative estimate of drug-likeness (QED) is 0.0146. The normalized spacial score (nSPS) is 12.2. The van der Waals surface area contributed by atoms with E-state index in [1.54, 1.807) is 19.0 Å². The van der Waals surface area contributed by atoms with Gasteiger partial charge in [-0.25, -0.2) is 13.7 Å². The van der Waals surface area contributed by atoms with Crippen LogP contribution in [0.2, 0.25) is 0 Å². The number of methoxy groups -OCH3 is 1. The molecule has 0 fully saturated rings. The molecule has 22 nitrogen and oxygen atoms in total. The number of aromatic hydroxyl groups is 1. The molecule has 0 atom stereocenters. The van der Waals surface area contributed by atoms with Crippen LogP contribution in [0.5, 0.6) is 11.5 Å². The van der Waals surface area contributed by atoms with Gasteiger partial charge in [-0.2, -0.15) is 21.9 Å². The fraction of sp³-hybridized carbons (Fsp3) is 0.172. The molecular weight excluding hydrogens is 849 g/mol. The topological polar surface area (TPSA) is 340 Å². The van der Waals surface area contributed by atoms with Crippen molar-refractivity contribution in [1.82, 2.24) is 4.90 Å². The summed E-state index contributed by atoms with van der Waals surface area (Å²) >= 11 is 1.12. The summed E-state index contributed by atoms with van der Waals surface area (Å²) in [5, 5.41) is 42.1. The maximum atomic E-state index is 12.7. The van der Waals surface area contributed by atoms with E-state index < -0.39 is 52.4 Å². The molecule has 8 N–H and O–H groups in total. The monoisotopic (exact) mass is 878 g/mol. The van der Waals surface area contributed by atoms with Crippen LogP contribution in [0.15, 0.2) is 94.6 Å². The van der Waals surface area contributed by atoms with Crippen LogP contribution >= 0.6 is 23.8 Å². The lowest BCUT2D eigenvalue weighted by Crippen LogP contribution is -2.21. The molecule has 4 aromatic carbocycles. The van der Waals surface area contributed by atoms with Crippen molar-refractivity contribution in [2.45, 2.75) is 19.6 Å². The highest BCUT2D eigenvalue weighted by Gasteiger charge is 2.26. The van der Waals surface area contributed by atoms with Crippen LogP contribution in [0, 0.1) is 11.4 Å². The Kier molecular flexibility index (Phi) is 15.9. The average Bonchev–Trinajstić information content (AvgIpc) is 3.11. The Morgan fingerprint density at radius 2 is 1.59 bits per heavy atom. The van der Waals surface area contributed by atoms with Crippen molar-refractivity contribution >= 4 is 93.4 Å². The third-order valence-electron chi connectivity index (χ3n) is 6.80. The van der Waals surface area contributed by atoms with Crippen LogP contribution in [0.25, 0.3) is 10.8 Å². The average molecular weight is 879 g/mol. The van der Waals surface area contributed by atoms with E-state index in [0.717, 1.165) is 17.8 Å². The second-order valence-corrected chi connectivity index (χ2v) is 16.9. The maximum absolute atomic E-state index is 12.7. The molecule has 0 aliphatic heterocycles. The third-order valence-corrected chi connectivity index (χ3v) is 10.9. The number of rotatable bonds is 16. The van der Waals surface area contributed by atoms with E-state index in [0.29, 0.717) is 16.9 Å². The number of nitrogen functional groups attached to an aromatic ring is 1. The zero-order valence-corrected chi connectivity index (χ0v) is 32.8. The van der Waals surface area contributed by atoms with E-state index in [2.05, 4.69) is 44.3 Å². The van der Waals surface area contributed by atoms with E-state index in [9.17, 15) is 34.9 Å². The van der Waals surface area contributed by atoms with Crippen LogP contribution in [-0.2, 0) is 48.9 Å². The number of fused-ring (bicyclic) bond motifs is 1. The Hall–Kier alpha value is -4.67. The maximum Gasteiger partial charge on any atom is 0.433 e. The molecule has 0 bridgehead atoms. The lowest BCUT2D eigenvalue weighted by Gasteiger charge is -2.14. The fourth-order valence-electron chi connectivity index (χ4n) is 4.34. The van der Waals surface area contributed by atoms with Gasteiger partial charge < -0.3 is 26.0 Å². The van der Waals surface area contributed by atoms with E-state index in [4.69, 9.17) is 20.3 Å². The first-order chi connectivity index (χ1) is 25.8. The molecular formula is C29H30N6O16S5. The molecule has 4 rings (SSSR count). The first-order valence-electron chi connectivity index (χ1n) is 14.6. The Bertz CT molecular complexity index is 2530. The Morgan fingerprint density at radius 3 is 2.20 bits per heavy atom. The van der Waals surface area contributed by atoms with E-state index in [-0.39, 0.29) is 61.1 Å². The summed E-state index contributed by atoms with van der Waals surface area (Å²) in [5.74, 6) is -0.670. The highest BCUT2D eigenvalue weighted by Crippen LogP contribution is 2.50. The van der Waals surface area contributed by atoms with Gasteiger partial charge in [-0.1, -0.05) is 5.04 Å². The zero-order chi connectivity index (χ0) is 40.6. The number of nitrogens with two attached hydrogens (primary N) is 1. The SMILES string of the molecule is COc1ccc(SC#COOS(=O)(=O)O)cc1N=Nc1c(SOOO)cc2cc(S(=O)(=O)O)c(N=Nc3ccc(S(=O)(=O)CCN(C)C)cc3)c(N)c2c1O.O. The number of anilines is 1. The first-order valence-corrected chi connectivity index (χ1v) is 20.6. The zero-order valence-electron chi connectivity index (χ0n) is 28.7. The summed E-state index contributed by atoms with van der Waals surface area (Å²) in [6.45, 7) is 0.288. The van der Waals surface area contributed by atoms with Gasteiger partial charge in [0.1, 0.15) is 27.7 Å². The highest BCUT2D eigenvalue weighted by atomic mass is 32.3. The second kappa shape index (κ2) is 19.5. The molecule has 0 aliphatic rings. The summed E-state index contributed by atoms with van der Waals surface area (Å²) in [4.78, 5) is 5.25. The molecule has 0 saturated heterocycles. The highest BCUT2D eigenvalue weighted by molar-refractivity contribution is 8.04. The van der Waals surface area contributed by atoms with Gasteiger partial charge in [-0.05, 0) is 90.2 Å². The van der Waals surface area contributed by atoms with Gasteiger partial charge in [-0.3, -0.25) is 14.0 Å². The van der Waals surface area contributed by atoms with Crippen molar-refractivity contribution in [2.24, 2.45) is 20.5 Å². The number of phenols is 1. The second-order valence-electron chi connectivity index (χ2n) is 10.7. The number of ether oxygens (including phenoxy) is 1. The van der Waals surface area contributed by atoms with Crippen molar-refractivity contribution < 1.29 is 73.5 Å². The summed E-state index contributed by atoms with van der Waals surface area (Å²) < 4.78 is 104. The smallest absolute Gasteiger partial charge is 0.433 e. The predicted molar refractivity (Wildman–Crippen MR) is 200 cm³/mol. The van der Waals surface area contributed by atoms with Crippen molar-refractivity contribution in [1.29, 1.82) is 0 Å². The number of nitrogens with zero attached hydrogens (tertiary/aromatic N) is 5. The van der Waals surface area contributed by atoms with E-state index in [1.807, 2.05) is 6.11 Å². The summed E-state index contributed by atoms with van der Waals surface area (Å²) in [7, 11) is -8.76. The third kappa shape index (κ3) is 12.2. The minimum absolute atomic E-state index is 0. The number of phenolic OH excluding ortho intramolecular Hbond substituents is 1. The molecule has 27 heteroatoms. The van der Waals surface area contributed by atoms with Gasteiger partial charge in [-0.15, -0.1) is 19.7 Å². The van der Waals surface area contributed by atoms with Gasteiger partial charge in [0.15, 0.2) is 21.7 Å². The van der Waals surface area contributed by atoms with Gasteiger partial charge >= 0.3 is 10.4 Å². The van der Waals surface area contributed by atoms with Crippen LogP contribution in [0.3, 0.4) is 0 Å². The van der Waals surface area contributed by atoms with Crippen LogP contribution in [0.1, 0.15) is 0 Å². The minimum atomic E-state index is -5.04. The predicted octanol–water partition coefficient (Wildman–Crippen LogP) is 4.91. The van der Waals surface area contributed by atoms with Gasteiger partial charge in [0.2, 0.25) is 0 Å². The number of benzene rings is 4. The molecule has 0 amide bonds. The minimum Gasteiger partial charge on any atom is -0.505 e. The van der Waals surface area contributed by atoms with Gasteiger partial charge in [0, 0.05) is 16.7 Å². The fourth-order valence-corrected chi connectivity index (χ4v) is 7.52. The van der Waals surface area contributed by atoms with Gasteiger partial charge in [0.25, 0.3) is 10.1 Å². The summed E-state index contributed by atoms with van der Waals surface area (Å²) in [6, 6.07) is 11.8. The van der Waals surface area contributed by atoms with Crippen LogP contribution in [-0.4, -0.2) is 88.6 Å². The van der Waals surface area contributed by atoms with Crippen LogP contribution in [0.4, 0.5) is 28.4 Å². The van der Waals surface area contributed by atoms with Crippen LogP contribution < -0.4 is 10.5 Å². The van der Waals surface area contributed by atoms with Crippen molar-refractivity contribution in [3.8, 4) is 22.9 Å². The van der Waals surface area contributed by atoms with Crippen molar-refractivity contribution in [3.05, 3.63) is 54.6 Å². The number of thioether (sulfide) groups is 1. The number of sulfone groups is 1. The summed E-state index contributed by atoms with van der Waals surface area (Å²) in [6.07, 6.45) is 1.89. The number of azo groups is 2. The molecule has 4 aromatic rings. The first kappa shape index (κ1) is 45.7. The Labute approximate surface area is 327 Å². The Morgan fingerprint density at radius 1 is 0.911 bits per heavy atom. The molecule has 0 unspecified atom stereocenters. The summed E-state index contributed by atoms with van der Waals surface area (Å²) in [5.41, 5.74) is 5.05. The molecule has 56 heavy (non-hydrogen) atoms. The lowest BCUT2D eigenvalue weighted by molar-refractivity contribution is -0.432. The Balaban J connectivity index is 0.00000841. The standard InChI is InChI=1S/C29H28N6O15S5.H2O/c1-35(2)10-13-53(38,39)20-7-4-18(5-8-20)31-34-28-24(54(40,41)42)15-17-14-23(52-49-48-37)27(29(36)25(17)26(28)30)33-32-21-16-19(6-9-22(21)46-3)51-12-11-47-50-55(43,44)45;/h4-9,14-16,36-37H,10,13,30H2,1-3H3,(H,40,41,42)(H,43,44,45);1H2. The van der Waals surface area contributed by atoms with E-state index >= 15 is 0 Å². The van der Waals surface area contributed by atoms with Crippen molar-refractivity contribution in [3.63, 3.8) is 0 Å². The lowest BCUT2D eigenvalue weighted by atomic mass is 10.1. The number of hydrogen-bond acceptors (Lipinski definition) is 21.